The van der Waals surface area contributed by atoms with Crippen LogP contribution >= 0.6 is 0 Å². The molecule has 0 spiro atoms. The number of halogens is 3. The van der Waals surface area contributed by atoms with E-state index < -0.39 is 11.7 Å². The summed E-state index contributed by atoms with van der Waals surface area (Å²) in [5.74, 6) is 0. The number of hydrogen-bond acceptors (Lipinski definition) is 2. The van der Waals surface area contributed by atoms with E-state index in [4.69, 9.17) is 0 Å². The van der Waals surface area contributed by atoms with E-state index in [1.54, 1.807) is 19.2 Å². The number of hydrogen-bond donors (Lipinski definition) is 0. The summed E-state index contributed by atoms with van der Waals surface area (Å²) >= 11 is 0. The highest BCUT2D eigenvalue weighted by molar-refractivity contribution is 5.82. The highest BCUT2D eigenvalue weighted by atomic mass is 19.4. The van der Waals surface area contributed by atoms with Crippen molar-refractivity contribution in [2.24, 2.45) is 7.05 Å². The molecule has 3 rings (SSSR count). The molecule has 0 saturated carbocycles. The summed E-state index contributed by atoms with van der Waals surface area (Å²) in [6.45, 7) is 2.02. The number of rotatable bonds is 2. The maximum absolute atomic E-state index is 13.3. The molecular formula is C16H14F3N3. The smallest absolute Gasteiger partial charge is 0.250 e. The minimum atomic E-state index is -4.44. The predicted octanol–water partition coefficient (Wildman–Crippen LogP) is 4.22. The molecule has 22 heavy (non-hydrogen) atoms. The Kier molecular flexibility index (Phi) is 3.39. The molecule has 114 valence electrons. The molecule has 1 aromatic carbocycles. The Balaban J connectivity index is 2.23. The third-order valence-electron chi connectivity index (χ3n) is 3.67. The highest BCUT2D eigenvalue weighted by Gasteiger charge is 2.34. The zero-order chi connectivity index (χ0) is 15.9. The lowest BCUT2D eigenvalue weighted by atomic mass is 10.0. The second-order valence-electron chi connectivity index (χ2n) is 5.11. The van der Waals surface area contributed by atoms with Gasteiger partial charge in [0.25, 0.3) is 0 Å². The monoisotopic (exact) mass is 305 g/mol. The van der Waals surface area contributed by atoms with Crippen LogP contribution in [0.5, 0.6) is 0 Å². The summed E-state index contributed by atoms with van der Waals surface area (Å²) in [5, 5.41) is 3.90. The molecule has 2 aromatic heterocycles. The van der Waals surface area contributed by atoms with Crippen molar-refractivity contribution >= 4 is 11.0 Å². The Morgan fingerprint density at radius 2 is 1.82 bits per heavy atom. The zero-order valence-electron chi connectivity index (χ0n) is 12.1. The van der Waals surface area contributed by atoms with Crippen molar-refractivity contribution in [2.45, 2.75) is 19.5 Å². The van der Waals surface area contributed by atoms with Crippen molar-refractivity contribution in [3.8, 4) is 11.3 Å². The van der Waals surface area contributed by atoms with Crippen LogP contribution in [0.2, 0.25) is 0 Å². The van der Waals surface area contributed by atoms with Crippen molar-refractivity contribution in [3.63, 3.8) is 0 Å². The average molecular weight is 305 g/mol. The molecule has 0 aliphatic heterocycles. The van der Waals surface area contributed by atoms with E-state index in [0.717, 1.165) is 18.1 Å². The molecule has 0 amide bonds. The van der Waals surface area contributed by atoms with Gasteiger partial charge in [-0.3, -0.25) is 4.68 Å². The molecule has 6 heteroatoms. The fourth-order valence-corrected chi connectivity index (χ4v) is 2.41. The van der Waals surface area contributed by atoms with Gasteiger partial charge in [0.05, 0.1) is 22.8 Å². The SMILES string of the molecule is CCc1ccc(-c2cc(C(F)(F)F)c3cnn(C)c3n2)cc1. The van der Waals surface area contributed by atoms with Crippen molar-refractivity contribution < 1.29 is 13.2 Å². The van der Waals surface area contributed by atoms with Crippen LogP contribution in [0.1, 0.15) is 18.1 Å². The number of aryl methyl sites for hydroxylation is 2. The minimum Gasteiger partial charge on any atom is -0.250 e. The summed E-state index contributed by atoms with van der Waals surface area (Å²) < 4.78 is 41.2. The first-order valence-electron chi connectivity index (χ1n) is 6.89. The normalized spacial score (nSPS) is 12.0. The van der Waals surface area contributed by atoms with Crippen LogP contribution in [0.3, 0.4) is 0 Å². The number of nitrogens with zero attached hydrogens (tertiary/aromatic N) is 3. The van der Waals surface area contributed by atoms with Gasteiger partial charge >= 0.3 is 6.18 Å². The molecule has 0 aliphatic carbocycles. The van der Waals surface area contributed by atoms with E-state index in [9.17, 15) is 13.2 Å². The van der Waals surface area contributed by atoms with Crippen molar-refractivity contribution in [3.05, 3.63) is 47.7 Å². The molecule has 0 unspecified atom stereocenters. The number of benzene rings is 1. The third kappa shape index (κ3) is 2.45. The standard InChI is InChI=1S/C16H14F3N3/c1-3-10-4-6-11(7-5-10)14-8-13(16(17,18)19)12-9-20-22(2)15(12)21-14/h4-9H,3H2,1-2H3. The zero-order valence-corrected chi connectivity index (χ0v) is 12.1. The number of aromatic nitrogens is 3. The van der Waals surface area contributed by atoms with Gasteiger partial charge in [0.1, 0.15) is 0 Å². The molecule has 3 nitrogen and oxygen atoms in total. The van der Waals surface area contributed by atoms with Crippen LogP contribution in [-0.2, 0) is 19.6 Å². The van der Waals surface area contributed by atoms with Gasteiger partial charge in [-0.15, -0.1) is 0 Å². The summed E-state index contributed by atoms with van der Waals surface area (Å²) in [5.41, 5.74) is 1.60. The van der Waals surface area contributed by atoms with Crippen LogP contribution in [0, 0.1) is 0 Å². The van der Waals surface area contributed by atoms with Gasteiger partial charge in [0, 0.05) is 12.6 Å². The first kappa shape index (κ1) is 14.6. The van der Waals surface area contributed by atoms with E-state index >= 15 is 0 Å². The van der Waals surface area contributed by atoms with Crippen LogP contribution in [-0.4, -0.2) is 14.8 Å². The van der Waals surface area contributed by atoms with Crippen molar-refractivity contribution in [1.82, 2.24) is 14.8 Å². The van der Waals surface area contributed by atoms with Gasteiger partial charge in [-0.05, 0) is 18.1 Å². The Labute approximate surface area is 125 Å². The molecular weight excluding hydrogens is 291 g/mol. The number of pyridine rings is 1. The second-order valence-corrected chi connectivity index (χ2v) is 5.11. The first-order chi connectivity index (χ1) is 10.4. The summed E-state index contributed by atoms with van der Waals surface area (Å²) in [4.78, 5) is 4.34. The third-order valence-corrected chi connectivity index (χ3v) is 3.67. The highest BCUT2D eigenvalue weighted by Crippen LogP contribution is 2.36. The van der Waals surface area contributed by atoms with Crippen LogP contribution in [0.25, 0.3) is 22.3 Å². The molecule has 2 heterocycles. The van der Waals surface area contributed by atoms with Gasteiger partial charge in [0.2, 0.25) is 0 Å². The van der Waals surface area contributed by atoms with Crippen LogP contribution in [0.4, 0.5) is 13.2 Å². The van der Waals surface area contributed by atoms with E-state index in [1.807, 2.05) is 19.1 Å². The Morgan fingerprint density at radius 1 is 1.14 bits per heavy atom. The Morgan fingerprint density at radius 3 is 2.41 bits per heavy atom. The summed E-state index contributed by atoms with van der Waals surface area (Å²) in [6, 6.07) is 8.48. The summed E-state index contributed by atoms with van der Waals surface area (Å²) in [7, 11) is 1.58. The number of alkyl halides is 3. The van der Waals surface area contributed by atoms with Gasteiger partial charge in [0.15, 0.2) is 5.65 Å². The van der Waals surface area contributed by atoms with Gasteiger partial charge in [-0.1, -0.05) is 31.2 Å². The topological polar surface area (TPSA) is 30.7 Å². The largest absolute Gasteiger partial charge is 0.417 e. The van der Waals surface area contributed by atoms with Crippen LogP contribution < -0.4 is 0 Å². The Bertz CT molecular complexity index is 817. The molecule has 0 bridgehead atoms. The van der Waals surface area contributed by atoms with E-state index in [1.165, 1.54) is 10.9 Å². The lowest BCUT2D eigenvalue weighted by Gasteiger charge is -2.11. The van der Waals surface area contributed by atoms with E-state index in [2.05, 4.69) is 10.1 Å². The maximum Gasteiger partial charge on any atom is 0.417 e. The fraction of sp³-hybridized carbons (Fsp3) is 0.250. The minimum absolute atomic E-state index is 0.0175. The average Bonchev–Trinajstić information content (AvgIpc) is 2.87. The van der Waals surface area contributed by atoms with Crippen LogP contribution in [0.15, 0.2) is 36.5 Å². The van der Waals surface area contributed by atoms with Crippen molar-refractivity contribution in [2.75, 3.05) is 0 Å². The molecule has 0 aliphatic rings. The second kappa shape index (κ2) is 5.12. The molecule has 0 radical (unpaired) electrons. The molecule has 0 fully saturated rings. The lowest BCUT2D eigenvalue weighted by Crippen LogP contribution is -2.07. The molecule has 0 atom stereocenters. The maximum atomic E-state index is 13.3. The molecule has 0 N–H and O–H groups in total. The molecule has 3 aromatic rings. The van der Waals surface area contributed by atoms with E-state index in [0.29, 0.717) is 11.3 Å². The number of fused-ring (bicyclic) bond motifs is 1. The fourth-order valence-electron chi connectivity index (χ4n) is 2.41. The van der Waals surface area contributed by atoms with Gasteiger partial charge in [-0.25, -0.2) is 4.98 Å². The van der Waals surface area contributed by atoms with E-state index in [-0.39, 0.29) is 11.0 Å². The molecule has 0 saturated heterocycles. The predicted molar refractivity (Wildman–Crippen MR) is 78.3 cm³/mol. The first-order valence-corrected chi connectivity index (χ1v) is 6.89. The van der Waals surface area contributed by atoms with Gasteiger partial charge < -0.3 is 0 Å². The Hall–Kier alpha value is -2.37. The van der Waals surface area contributed by atoms with Gasteiger partial charge in [-0.2, -0.15) is 18.3 Å². The summed E-state index contributed by atoms with van der Waals surface area (Å²) in [6.07, 6.45) is -2.36. The lowest BCUT2D eigenvalue weighted by molar-refractivity contribution is -0.136. The quantitative estimate of drug-likeness (QED) is 0.710. The van der Waals surface area contributed by atoms with Crippen molar-refractivity contribution in [1.29, 1.82) is 0 Å².